The van der Waals surface area contributed by atoms with Gasteiger partial charge in [0.25, 0.3) is 5.91 Å². The number of thiazole rings is 1. The molecule has 1 aromatic heterocycles. The van der Waals surface area contributed by atoms with Crippen LogP contribution in [0.15, 0.2) is 30.5 Å². The highest BCUT2D eigenvalue weighted by atomic mass is 32.1. The fraction of sp³-hybridized carbons (Fsp3) is 0.389. The molecule has 0 saturated carbocycles. The van der Waals surface area contributed by atoms with E-state index in [0.717, 1.165) is 30.0 Å². The van der Waals surface area contributed by atoms with Gasteiger partial charge in [0.05, 0.1) is 12.2 Å². The Hall–Kier alpha value is -2.45. The summed E-state index contributed by atoms with van der Waals surface area (Å²) in [4.78, 5) is 27.8. The van der Waals surface area contributed by atoms with E-state index in [-0.39, 0.29) is 24.7 Å². The van der Waals surface area contributed by atoms with Crippen molar-refractivity contribution in [1.29, 1.82) is 0 Å². The van der Waals surface area contributed by atoms with Crippen molar-refractivity contribution in [3.05, 3.63) is 45.9 Å². The maximum Gasteiger partial charge on any atom is 0.341 e. The lowest BCUT2D eigenvalue weighted by Crippen LogP contribution is -2.25. The van der Waals surface area contributed by atoms with Gasteiger partial charge in [-0.15, -0.1) is 11.3 Å². The molecule has 2 aromatic rings. The molecule has 0 spiro atoms. The van der Waals surface area contributed by atoms with E-state index in [1.807, 2.05) is 6.92 Å². The number of carbonyl (C=O) groups excluding carboxylic acids is 1. The largest absolute Gasteiger partial charge is 0.482 e. The third-order valence-electron chi connectivity index (χ3n) is 4.04. The molecule has 1 amide bonds. The minimum atomic E-state index is -1.03. The molecule has 2 unspecified atom stereocenters. The van der Waals surface area contributed by atoms with Crippen LogP contribution in [-0.2, 0) is 9.53 Å². The molecule has 138 valence electrons. The molecule has 1 saturated heterocycles. The van der Waals surface area contributed by atoms with E-state index >= 15 is 0 Å². The van der Waals surface area contributed by atoms with Crippen molar-refractivity contribution in [3.63, 3.8) is 0 Å². The maximum atomic E-state index is 12.4. The summed E-state index contributed by atoms with van der Waals surface area (Å²) in [5.41, 5.74) is 0.893. The molecule has 0 bridgehead atoms. The van der Waals surface area contributed by atoms with Crippen molar-refractivity contribution in [2.24, 2.45) is 0 Å². The van der Waals surface area contributed by atoms with Gasteiger partial charge in [0.2, 0.25) is 0 Å². The Bertz CT molecular complexity index is 768. The summed E-state index contributed by atoms with van der Waals surface area (Å²) in [5.74, 6) is -0.731. The Morgan fingerprint density at radius 2 is 2.19 bits per heavy atom. The number of benzene rings is 1. The van der Waals surface area contributed by atoms with Crippen molar-refractivity contribution in [2.75, 3.05) is 13.2 Å². The predicted molar refractivity (Wildman–Crippen MR) is 95.5 cm³/mol. The van der Waals surface area contributed by atoms with Gasteiger partial charge < -0.3 is 19.9 Å². The van der Waals surface area contributed by atoms with Gasteiger partial charge in [-0.1, -0.05) is 12.1 Å². The van der Waals surface area contributed by atoms with Crippen LogP contribution in [0.1, 0.15) is 52.2 Å². The molecule has 2 atom stereocenters. The Kier molecular flexibility index (Phi) is 5.85. The molecule has 1 aromatic carbocycles. The summed E-state index contributed by atoms with van der Waals surface area (Å²) in [6.07, 6.45) is 3.57. The first-order valence-corrected chi connectivity index (χ1v) is 9.17. The number of carbonyl (C=O) groups is 2. The minimum Gasteiger partial charge on any atom is -0.482 e. The topological polar surface area (TPSA) is 97.8 Å². The minimum absolute atomic E-state index is 0.0114. The maximum absolute atomic E-state index is 12.4. The van der Waals surface area contributed by atoms with Crippen LogP contribution in [0.3, 0.4) is 0 Å². The number of rotatable bonds is 7. The van der Waals surface area contributed by atoms with Gasteiger partial charge in [-0.3, -0.25) is 4.79 Å². The zero-order valence-electron chi connectivity index (χ0n) is 14.3. The normalized spacial score (nSPS) is 17.7. The predicted octanol–water partition coefficient (Wildman–Crippen LogP) is 2.95. The van der Waals surface area contributed by atoms with Crippen molar-refractivity contribution in [3.8, 4) is 5.75 Å². The highest BCUT2D eigenvalue weighted by Gasteiger charge is 2.23. The average molecular weight is 376 g/mol. The molecule has 1 fully saturated rings. The van der Waals surface area contributed by atoms with Crippen LogP contribution in [0.4, 0.5) is 0 Å². The van der Waals surface area contributed by atoms with Crippen LogP contribution in [-0.4, -0.2) is 35.2 Å². The zero-order valence-corrected chi connectivity index (χ0v) is 15.1. The molecule has 3 rings (SSSR count). The summed E-state index contributed by atoms with van der Waals surface area (Å²) < 4.78 is 10.7. The highest BCUT2D eigenvalue weighted by molar-refractivity contribution is 7.13. The van der Waals surface area contributed by atoms with E-state index in [0.29, 0.717) is 10.6 Å². The molecule has 8 heteroatoms. The second-order valence-corrected chi connectivity index (χ2v) is 7.07. The molecule has 26 heavy (non-hydrogen) atoms. The van der Waals surface area contributed by atoms with Crippen LogP contribution >= 0.6 is 11.3 Å². The fourth-order valence-corrected chi connectivity index (χ4v) is 3.57. The van der Waals surface area contributed by atoms with Gasteiger partial charge >= 0.3 is 5.97 Å². The Balaban J connectivity index is 1.57. The second kappa shape index (κ2) is 8.29. The molecule has 2 N–H and O–H groups in total. The Morgan fingerprint density at radius 3 is 2.85 bits per heavy atom. The highest BCUT2D eigenvalue weighted by Crippen LogP contribution is 2.31. The van der Waals surface area contributed by atoms with Gasteiger partial charge in [-0.2, -0.15) is 0 Å². The number of hydrogen-bond donors (Lipinski definition) is 2. The summed E-state index contributed by atoms with van der Waals surface area (Å²) in [6, 6.07) is 6.76. The first kappa shape index (κ1) is 18.3. The van der Waals surface area contributed by atoms with Crippen molar-refractivity contribution in [1.82, 2.24) is 10.3 Å². The molecule has 1 aliphatic heterocycles. The van der Waals surface area contributed by atoms with Crippen molar-refractivity contribution >= 4 is 23.2 Å². The molecule has 0 aliphatic carbocycles. The second-order valence-electron chi connectivity index (χ2n) is 6.01. The number of ether oxygens (including phenoxy) is 2. The fourth-order valence-electron chi connectivity index (χ4n) is 2.66. The van der Waals surface area contributed by atoms with Gasteiger partial charge in [-0.25, -0.2) is 9.78 Å². The van der Waals surface area contributed by atoms with E-state index in [1.54, 1.807) is 30.5 Å². The van der Waals surface area contributed by atoms with Gasteiger partial charge in [0, 0.05) is 6.61 Å². The summed E-state index contributed by atoms with van der Waals surface area (Å²) in [7, 11) is 0. The average Bonchev–Trinajstić information content (AvgIpc) is 3.31. The number of carboxylic acids is 1. The molecule has 7 nitrogen and oxygen atoms in total. The van der Waals surface area contributed by atoms with E-state index in [4.69, 9.17) is 14.6 Å². The SMILES string of the molecule is CC(NC(=O)c1cnc(C2CCCO2)s1)c1ccc(OCC(=O)O)cc1. The van der Waals surface area contributed by atoms with Gasteiger partial charge in [0.1, 0.15) is 21.7 Å². The number of nitrogens with one attached hydrogen (secondary N) is 1. The summed E-state index contributed by atoms with van der Waals surface area (Å²) >= 11 is 1.36. The number of aromatic nitrogens is 1. The Morgan fingerprint density at radius 1 is 1.42 bits per heavy atom. The van der Waals surface area contributed by atoms with Crippen molar-refractivity contribution < 1.29 is 24.2 Å². The number of hydrogen-bond acceptors (Lipinski definition) is 6. The van der Waals surface area contributed by atoms with Crippen LogP contribution in [0.2, 0.25) is 0 Å². The summed E-state index contributed by atoms with van der Waals surface area (Å²) in [6.45, 7) is 2.24. The quantitative estimate of drug-likeness (QED) is 0.771. The van der Waals surface area contributed by atoms with E-state index in [9.17, 15) is 9.59 Å². The standard InChI is InChI=1S/C18H20N2O5S/c1-11(12-4-6-13(7-5-12)25-10-16(21)22)20-17(23)15-9-19-18(26-15)14-3-2-8-24-14/h4-7,9,11,14H,2-3,8,10H2,1H3,(H,20,23)(H,21,22). The number of nitrogens with zero attached hydrogens (tertiary/aromatic N) is 1. The lowest BCUT2D eigenvalue weighted by atomic mass is 10.1. The van der Waals surface area contributed by atoms with E-state index in [2.05, 4.69) is 10.3 Å². The van der Waals surface area contributed by atoms with Crippen LogP contribution < -0.4 is 10.1 Å². The molecular weight excluding hydrogens is 356 g/mol. The lowest BCUT2D eigenvalue weighted by Gasteiger charge is -2.14. The Labute approximate surface area is 155 Å². The van der Waals surface area contributed by atoms with E-state index < -0.39 is 5.97 Å². The third-order valence-corrected chi connectivity index (χ3v) is 5.13. The number of amides is 1. The van der Waals surface area contributed by atoms with Crippen LogP contribution in [0.25, 0.3) is 0 Å². The third kappa shape index (κ3) is 4.59. The molecule has 0 radical (unpaired) electrons. The summed E-state index contributed by atoms with van der Waals surface area (Å²) in [5, 5.41) is 12.4. The monoisotopic (exact) mass is 376 g/mol. The molecule has 2 heterocycles. The smallest absolute Gasteiger partial charge is 0.341 e. The first-order chi connectivity index (χ1) is 12.5. The van der Waals surface area contributed by atoms with E-state index in [1.165, 1.54) is 11.3 Å². The lowest BCUT2D eigenvalue weighted by molar-refractivity contribution is -0.139. The number of aliphatic carboxylic acids is 1. The first-order valence-electron chi connectivity index (χ1n) is 8.35. The van der Waals surface area contributed by atoms with Gasteiger partial charge in [0.15, 0.2) is 6.61 Å². The van der Waals surface area contributed by atoms with Crippen molar-refractivity contribution in [2.45, 2.75) is 31.9 Å². The van der Waals surface area contributed by atoms with Gasteiger partial charge in [-0.05, 0) is 37.5 Å². The molecular formula is C18H20N2O5S. The zero-order chi connectivity index (χ0) is 18.5. The van der Waals surface area contributed by atoms with Crippen LogP contribution in [0, 0.1) is 0 Å². The van der Waals surface area contributed by atoms with Crippen LogP contribution in [0.5, 0.6) is 5.75 Å². The number of carboxylic acid groups (broad SMARTS) is 1. The molecule has 1 aliphatic rings.